The lowest BCUT2D eigenvalue weighted by atomic mass is 10.1. The summed E-state index contributed by atoms with van der Waals surface area (Å²) in [6, 6.07) is 8.93. The highest BCUT2D eigenvalue weighted by atomic mass is 19.4. The lowest BCUT2D eigenvalue weighted by Crippen LogP contribution is -2.12. The molecular formula is C20H14F3N3O5. The highest BCUT2D eigenvalue weighted by Gasteiger charge is 2.30. The Labute approximate surface area is 173 Å². The van der Waals surface area contributed by atoms with Crippen LogP contribution in [0.1, 0.15) is 23.0 Å². The second-order valence-electron chi connectivity index (χ2n) is 6.20. The molecule has 0 bridgehead atoms. The van der Waals surface area contributed by atoms with Gasteiger partial charge in [-0.25, -0.2) is 4.79 Å². The predicted octanol–water partition coefficient (Wildman–Crippen LogP) is 4.26. The van der Waals surface area contributed by atoms with Crippen LogP contribution in [0.15, 0.2) is 42.5 Å². The number of carbonyl (C=O) groups is 1. The van der Waals surface area contributed by atoms with Gasteiger partial charge in [-0.15, -0.1) is 10.2 Å². The average Bonchev–Trinajstić information content (AvgIpc) is 3.21. The Morgan fingerprint density at radius 1 is 1.06 bits per heavy atom. The molecule has 11 heteroatoms. The number of halogens is 3. The lowest BCUT2D eigenvalue weighted by molar-refractivity contribution is -0.137. The van der Waals surface area contributed by atoms with Gasteiger partial charge in [-0.2, -0.15) is 18.2 Å². The number of carbonyl (C=O) groups excluding carboxylic acids is 1. The van der Waals surface area contributed by atoms with E-state index < -0.39 is 17.7 Å². The van der Waals surface area contributed by atoms with Gasteiger partial charge in [-0.3, -0.25) is 0 Å². The zero-order valence-corrected chi connectivity index (χ0v) is 16.0. The molecule has 0 aliphatic carbocycles. The third-order valence-corrected chi connectivity index (χ3v) is 4.15. The maximum absolute atomic E-state index is 12.8. The smallest absolute Gasteiger partial charge is 0.416 e. The molecule has 160 valence electrons. The highest BCUT2D eigenvalue weighted by Crippen LogP contribution is 2.37. The molecule has 0 N–H and O–H groups in total. The maximum atomic E-state index is 12.8. The minimum absolute atomic E-state index is 0.0301. The van der Waals surface area contributed by atoms with Crippen LogP contribution >= 0.6 is 0 Å². The molecule has 2 aromatic carbocycles. The third kappa shape index (κ3) is 4.34. The summed E-state index contributed by atoms with van der Waals surface area (Å²) >= 11 is 0. The largest absolute Gasteiger partial charge is 0.461 e. The minimum Gasteiger partial charge on any atom is -0.461 e. The van der Waals surface area contributed by atoms with Crippen LogP contribution < -0.4 is 14.2 Å². The van der Waals surface area contributed by atoms with Crippen LogP contribution in [0.4, 0.5) is 13.2 Å². The molecule has 0 atom stereocenters. The SMILES string of the molecule is CCOC(=O)c1nnc(-c2ccc(C(F)(F)F)cc2)nc1Oc1ccc2c(c1)OCO2. The van der Waals surface area contributed by atoms with E-state index in [0.29, 0.717) is 11.5 Å². The van der Waals surface area contributed by atoms with E-state index in [9.17, 15) is 18.0 Å². The van der Waals surface area contributed by atoms with Crippen LogP contribution in [0.5, 0.6) is 23.1 Å². The normalized spacial score (nSPS) is 12.5. The second-order valence-corrected chi connectivity index (χ2v) is 6.20. The van der Waals surface area contributed by atoms with E-state index in [1.54, 1.807) is 19.1 Å². The number of hydrogen-bond acceptors (Lipinski definition) is 8. The van der Waals surface area contributed by atoms with Crippen molar-refractivity contribution >= 4 is 5.97 Å². The molecule has 0 saturated carbocycles. The van der Waals surface area contributed by atoms with Gasteiger partial charge in [0.25, 0.3) is 5.88 Å². The van der Waals surface area contributed by atoms with E-state index in [4.69, 9.17) is 18.9 Å². The van der Waals surface area contributed by atoms with E-state index >= 15 is 0 Å². The summed E-state index contributed by atoms with van der Waals surface area (Å²) in [7, 11) is 0. The first-order chi connectivity index (χ1) is 14.8. The summed E-state index contributed by atoms with van der Waals surface area (Å²) in [4.78, 5) is 16.4. The molecule has 0 fully saturated rings. The van der Waals surface area contributed by atoms with Crippen molar-refractivity contribution in [3.63, 3.8) is 0 Å². The molecule has 3 aromatic rings. The molecule has 0 saturated heterocycles. The van der Waals surface area contributed by atoms with Crippen molar-refractivity contribution in [3.8, 4) is 34.5 Å². The van der Waals surface area contributed by atoms with Crippen molar-refractivity contribution in [1.29, 1.82) is 0 Å². The monoisotopic (exact) mass is 433 g/mol. The quantitative estimate of drug-likeness (QED) is 0.552. The van der Waals surface area contributed by atoms with Crippen molar-refractivity contribution in [2.24, 2.45) is 0 Å². The molecule has 0 spiro atoms. The van der Waals surface area contributed by atoms with Gasteiger partial charge in [0.15, 0.2) is 17.3 Å². The van der Waals surface area contributed by atoms with Crippen LogP contribution in [0, 0.1) is 0 Å². The van der Waals surface area contributed by atoms with Gasteiger partial charge in [0.05, 0.1) is 12.2 Å². The van der Waals surface area contributed by atoms with E-state index in [0.717, 1.165) is 12.1 Å². The topological polar surface area (TPSA) is 92.7 Å². The third-order valence-electron chi connectivity index (χ3n) is 4.15. The fourth-order valence-electron chi connectivity index (χ4n) is 2.69. The summed E-state index contributed by atoms with van der Waals surface area (Å²) in [5, 5.41) is 7.66. The van der Waals surface area contributed by atoms with Crippen LogP contribution in [0.25, 0.3) is 11.4 Å². The van der Waals surface area contributed by atoms with Gasteiger partial charge in [0, 0.05) is 11.6 Å². The molecule has 1 aromatic heterocycles. The first-order valence-corrected chi connectivity index (χ1v) is 9.02. The Bertz CT molecular complexity index is 1120. The molecule has 0 amide bonds. The Hall–Kier alpha value is -3.89. The first kappa shape index (κ1) is 20.4. The summed E-state index contributed by atoms with van der Waals surface area (Å²) in [6.45, 7) is 1.78. The summed E-state index contributed by atoms with van der Waals surface area (Å²) < 4.78 is 59.6. The van der Waals surface area contributed by atoms with Crippen LogP contribution in [0.3, 0.4) is 0 Å². The first-order valence-electron chi connectivity index (χ1n) is 9.02. The van der Waals surface area contributed by atoms with Crippen LogP contribution in [-0.4, -0.2) is 34.6 Å². The molecule has 2 heterocycles. The van der Waals surface area contributed by atoms with E-state index in [1.807, 2.05) is 0 Å². The van der Waals surface area contributed by atoms with Gasteiger partial charge >= 0.3 is 12.1 Å². The number of rotatable bonds is 5. The Balaban J connectivity index is 1.70. The van der Waals surface area contributed by atoms with Gasteiger partial charge < -0.3 is 18.9 Å². The Morgan fingerprint density at radius 3 is 2.52 bits per heavy atom. The number of alkyl halides is 3. The second kappa shape index (κ2) is 8.09. The Kier molecular flexibility index (Phi) is 5.32. The zero-order chi connectivity index (χ0) is 22.0. The average molecular weight is 433 g/mol. The summed E-state index contributed by atoms with van der Waals surface area (Å²) in [6.07, 6.45) is -4.47. The van der Waals surface area contributed by atoms with Crippen molar-refractivity contribution < 1.29 is 36.9 Å². The number of ether oxygens (including phenoxy) is 4. The molecule has 1 aliphatic heterocycles. The number of esters is 1. The lowest BCUT2D eigenvalue weighted by Gasteiger charge is -2.11. The standard InChI is InChI=1S/C20H14F3N3O5/c1-2-28-19(27)16-18(31-13-7-8-14-15(9-13)30-10-29-14)24-17(26-25-16)11-3-5-12(6-4-11)20(21,22)23/h3-9H,2,10H2,1H3. The van der Waals surface area contributed by atoms with Crippen molar-refractivity contribution in [1.82, 2.24) is 15.2 Å². The van der Waals surface area contributed by atoms with Crippen molar-refractivity contribution in [2.45, 2.75) is 13.1 Å². The number of nitrogens with zero attached hydrogens (tertiary/aromatic N) is 3. The predicted molar refractivity (Wildman–Crippen MR) is 98.9 cm³/mol. The molecule has 1 aliphatic rings. The number of aromatic nitrogens is 3. The van der Waals surface area contributed by atoms with Gasteiger partial charge in [0.2, 0.25) is 12.5 Å². The van der Waals surface area contributed by atoms with Crippen LogP contribution in [-0.2, 0) is 10.9 Å². The summed E-state index contributed by atoms with van der Waals surface area (Å²) in [5.74, 6) is 0.190. The van der Waals surface area contributed by atoms with Crippen LogP contribution in [0.2, 0.25) is 0 Å². The number of fused-ring (bicyclic) bond motifs is 1. The van der Waals surface area contributed by atoms with Crippen molar-refractivity contribution in [2.75, 3.05) is 13.4 Å². The van der Waals surface area contributed by atoms with E-state index in [2.05, 4.69) is 15.2 Å². The van der Waals surface area contributed by atoms with E-state index in [1.165, 1.54) is 18.2 Å². The molecule has 0 radical (unpaired) electrons. The highest BCUT2D eigenvalue weighted by molar-refractivity contribution is 5.89. The number of benzene rings is 2. The number of hydrogen-bond donors (Lipinski definition) is 0. The van der Waals surface area contributed by atoms with E-state index in [-0.39, 0.29) is 42.1 Å². The van der Waals surface area contributed by atoms with Gasteiger partial charge in [-0.1, -0.05) is 12.1 Å². The minimum atomic E-state index is -4.47. The Morgan fingerprint density at radius 2 is 1.81 bits per heavy atom. The van der Waals surface area contributed by atoms with Crippen molar-refractivity contribution in [3.05, 3.63) is 53.7 Å². The molecular weight excluding hydrogens is 419 g/mol. The molecule has 8 nitrogen and oxygen atoms in total. The molecule has 0 unspecified atom stereocenters. The van der Waals surface area contributed by atoms with Gasteiger partial charge in [-0.05, 0) is 31.2 Å². The maximum Gasteiger partial charge on any atom is 0.416 e. The molecule has 31 heavy (non-hydrogen) atoms. The van der Waals surface area contributed by atoms with Gasteiger partial charge in [0.1, 0.15) is 5.75 Å². The fraction of sp³-hybridized carbons (Fsp3) is 0.200. The molecule has 4 rings (SSSR count). The zero-order valence-electron chi connectivity index (χ0n) is 16.0. The fourth-order valence-corrected chi connectivity index (χ4v) is 2.69. The summed E-state index contributed by atoms with van der Waals surface area (Å²) in [5.41, 5.74) is -0.842.